The van der Waals surface area contributed by atoms with E-state index in [1.807, 2.05) is 18.2 Å². The summed E-state index contributed by atoms with van der Waals surface area (Å²) in [6, 6.07) is 15.7. The summed E-state index contributed by atoms with van der Waals surface area (Å²) in [5, 5.41) is 8.88. The predicted molar refractivity (Wildman–Crippen MR) is 111 cm³/mol. The number of aromatic nitrogens is 4. The first kappa shape index (κ1) is 19.7. The molecule has 0 aliphatic carbocycles. The Morgan fingerprint density at radius 2 is 1.83 bits per heavy atom. The highest BCUT2D eigenvalue weighted by Gasteiger charge is 2.14. The molecule has 0 atom stereocenters. The molecule has 0 spiro atoms. The molecule has 2 aromatic heterocycles. The highest BCUT2D eigenvalue weighted by Crippen LogP contribution is 2.31. The van der Waals surface area contributed by atoms with E-state index in [0.717, 1.165) is 5.56 Å². The Balaban J connectivity index is 1.64. The van der Waals surface area contributed by atoms with Gasteiger partial charge in [0.05, 0.1) is 24.9 Å². The molecule has 0 saturated heterocycles. The number of ether oxygens (including phenoxy) is 2. The molecule has 0 radical (unpaired) electrons. The second-order valence-electron chi connectivity index (χ2n) is 6.28. The monoisotopic (exact) mass is 424 g/mol. The van der Waals surface area contributed by atoms with Gasteiger partial charge >= 0.3 is 0 Å². The maximum Gasteiger partial charge on any atom is 0.267 e. The zero-order chi connectivity index (χ0) is 21.1. The van der Waals surface area contributed by atoms with Crippen LogP contribution in [0.2, 0.25) is 5.02 Å². The topological polar surface area (TPSA) is 92.3 Å². The summed E-state index contributed by atoms with van der Waals surface area (Å²) in [7, 11) is 3.12. The van der Waals surface area contributed by atoms with Gasteiger partial charge in [-0.05, 0) is 36.4 Å². The van der Waals surface area contributed by atoms with Gasteiger partial charge in [0.25, 0.3) is 5.56 Å². The van der Waals surface area contributed by atoms with Crippen molar-refractivity contribution in [1.29, 1.82) is 0 Å². The van der Waals surface area contributed by atoms with Crippen molar-refractivity contribution in [1.82, 2.24) is 19.9 Å². The number of rotatable bonds is 6. The molecule has 2 aromatic carbocycles. The summed E-state index contributed by atoms with van der Waals surface area (Å²) in [5.41, 5.74) is 1.70. The molecule has 0 N–H and O–H groups in total. The Morgan fingerprint density at radius 3 is 2.60 bits per heavy atom. The van der Waals surface area contributed by atoms with Gasteiger partial charge in [-0.1, -0.05) is 28.9 Å². The first-order valence-electron chi connectivity index (χ1n) is 8.97. The molecule has 2 heterocycles. The maximum absolute atomic E-state index is 12.3. The van der Waals surface area contributed by atoms with Crippen molar-refractivity contribution in [3.8, 4) is 34.1 Å². The molecule has 0 amide bonds. The van der Waals surface area contributed by atoms with Gasteiger partial charge in [0.2, 0.25) is 11.7 Å². The van der Waals surface area contributed by atoms with E-state index >= 15 is 0 Å². The molecule has 152 valence electrons. The molecule has 0 unspecified atom stereocenters. The van der Waals surface area contributed by atoms with Crippen molar-refractivity contribution < 1.29 is 14.0 Å². The quantitative estimate of drug-likeness (QED) is 0.466. The second kappa shape index (κ2) is 8.38. The van der Waals surface area contributed by atoms with Crippen LogP contribution in [0.5, 0.6) is 11.5 Å². The minimum Gasteiger partial charge on any atom is -0.493 e. The molecule has 30 heavy (non-hydrogen) atoms. The summed E-state index contributed by atoms with van der Waals surface area (Å²) in [6.07, 6.45) is 0. The summed E-state index contributed by atoms with van der Waals surface area (Å²) >= 11 is 6.18. The van der Waals surface area contributed by atoms with Crippen LogP contribution in [0, 0.1) is 0 Å². The average Bonchev–Trinajstić information content (AvgIpc) is 3.23. The molecular formula is C21H17ClN4O4. The van der Waals surface area contributed by atoms with E-state index in [2.05, 4.69) is 15.2 Å². The molecular weight excluding hydrogens is 408 g/mol. The van der Waals surface area contributed by atoms with Crippen LogP contribution < -0.4 is 15.0 Å². The van der Waals surface area contributed by atoms with Crippen molar-refractivity contribution in [2.45, 2.75) is 6.54 Å². The van der Waals surface area contributed by atoms with E-state index in [1.54, 1.807) is 44.6 Å². The lowest BCUT2D eigenvalue weighted by molar-refractivity contribution is 0.355. The number of nitrogens with zero attached hydrogens (tertiary/aromatic N) is 4. The average molecular weight is 425 g/mol. The van der Waals surface area contributed by atoms with E-state index in [-0.39, 0.29) is 18.0 Å². The molecule has 4 aromatic rings. The number of hydrogen-bond acceptors (Lipinski definition) is 7. The molecule has 0 aliphatic heterocycles. The number of halogens is 1. The molecule has 0 saturated carbocycles. The van der Waals surface area contributed by atoms with Crippen molar-refractivity contribution >= 4 is 11.6 Å². The molecule has 4 rings (SSSR count). The van der Waals surface area contributed by atoms with Gasteiger partial charge in [0.15, 0.2) is 11.5 Å². The number of benzene rings is 2. The van der Waals surface area contributed by atoms with Crippen LogP contribution in [0.1, 0.15) is 5.89 Å². The minimum absolute atomic E-state index is 0.0252. The van der Waals surface area contributed by atoms with Crippen LogP contribution in [0.3, 0.4) is 0 Å². The SMILES string of the molecule is COc1ccc(-c2ccc(=O)n(Cc3nc(-c4ccccc4Cl)no3)n2)cc1OC. The standard InChI is InChI=1S/C21H17ClN4O4/c1-28-17-9-7-13(11-18(17)29-2)16-8-10-20(27)26(24-16)12-19-23-21(25-30-19)14-5-3-4-6-15(14)22/h3-11H,12H2,1-2H3. The van der Waals surface area contributed by atoms with E-state index in [0.29, 0.717) is 33.6 Å². The highest BCUT2D eigenvalue weighted by molar-refractivity contribution is 6.33. The second-order valence-corrected chi connectivity index (χ2v) is 6.68. The Hall–Kier alpha value is -3.65. The van der Waals surface area contributed by atoms with Crippen LogP contribution in [0.25, 0.3) is 22.6 Å². The molecule has 8 nitrogen and oxygen atoms in total. The largest absolute Gasteiger partial charge is 0.493 e. The van der Waals surface area contributed by atoms with Crippen LogP contribution in [-0.4, -0.2) is 34.1 Å². The van der Waals surface area contributed by atoms with Crippen molar-refractivity contribution in [3.05, 3.63) is 75.9 Å². The lowest BCUT2D eigenvalue weighted by Gasteiger charge is -2.10. The summed E-state index contributed by atoms with van der Waals surface area (Å²) in [6.45, 7) is 0.0252. The number of hydrogen-bond donors (Lipinski definition) is 0. The van der Waals surface area contributed by atoms with Gasteiger partial charge in [-0.3, -0.25) is 4.79 Å². The van der Waals surface area contributed by atoms with E-state index in [9.17, 15) is 4.79 Å². The van der Waals surface area contributed by atoms with E-state index in [4.69, 9.17) is 25.6 Å². The summed E-state index contributed by atoms with van der Waals surface area (Å²) in [4.78, 5) is 16.6. The summed E-state index contributed by atoms with van der Waals surface area (Å²) in [5.74, 6) is 1.76. The first-order chi connectivity index (χ1) is 14.6. The summed E-state index contributed by atoms with van der Waals surface area (Å²) < 4.78 is 17.1. The third-order valence-electron chi connectivity index (χ3n) is 4.41. The lowest BCUT2D eigenvalue weighted by Crippen LogP contribution is -2.23. The van der Waals surface area contributed by atoms with Crippen LogP contribution >= 0.6 is 11.6 Å². The Bertz CT molecular complexity index is 1250. The van der Waals surface area contributed by atoms with Gasteiger partial charge in [-0.25, -0.2) is 4.68 Å². The van der Waals surface area contributed by atoms with Crippen molar-refractivity contribution in [2.75, 3.05) is 14.2 Å². The Kier molecular flexibility index (Phi) is 5.49. The van der Waals surface area contributed by atoms with Gasteiger partial charge in [-0.15, -0.1) is 0 Å². The predicted octanol–water partition coefficient (Wildman–Crippen LogP) is 3.68. The van der Waals surface area contributed by atoms with Gasteiger partial charge in [-0.2, -0.15) is 10.1 Å². The number of methoxy groups -OCH3 is 2. The van der Waals surface area contributed by atoms with Crippen LogP contribution in [-0.2, 0) is 6.54 Å². The third kappa shape index (κ3) is 3.90. The third-order valence-corrected chi connectivity index (χ3v) is 4.74. The zero-order valence-corrected chi connectivity index (χ0v) is 17.0. The smallest absolute Gasteiger partial charge is 0.267 e. The van der Waals surface area contributed by atoms with Crippen molar-refractivity contribution in [3.63, 3.8) is 0 Å². The highest BCUT2D eigenvalue weighted by atomic mass is 35.5. The van der Waals surface area contributed by atoms with E-state index < -0.39 is 0 Å². The molecule has 0 fully saturated rings. The lowest BCUT2D eigenvalue weighted by atomic mass is 10.1. The maximum atomic E-state index is 12.3. The Labute approximate surface area is 176 Å². The normalized spacial score (nSPS) is 10.8. The van der Waals surface area contributed by atoms with Gasteiger partial charge in [0.1, 0.15) is 6.54 Å². The van der Waals surface area contributed by atoms with E-state index in [1.165, 1.54) is 10.7 Å². The Morgan fingerprint density at radius 1 is 1.03 bits per heavy atom. The van der Waals surface area contributed by atoms with Crippen LogP contribution in [0.15, 0.2) is 63.9 Å². The van der Waals surface area contributed by atoms with Crippen molar-refractivity contribution in [2.24, 2.45) is 0 Å². The molecule has 0 aliphatic rings. The fourth-order valence-corrected chi connectivity index (χ4v) is 3.13. The van der Waals surface area contributed by atoms with Crippen LogP contribution in [0.4, 0.5) is 0 Å². The fraction of sp³-hybridized carbons (Fsp3) is 0.143. The fourth-order valence-electron chi connectivity index (χ4n) is 2.91. The molecule has 9 heteroatoms. The first-order valence-corrected chi connectivity index (χ1v) is 9.35. The molecule has 0 bridgehead atoms. The van der Waals surface area contributed by atoms with Gasteiger partial charge in [0, 0.05) is 17.2 Å². The minimum atomic E-state index is -0.295. The zero-order valence-electron chi connectivity index (χ0n) is 16.2. The van der Waals surface area contributed by atoms with Gasteiger partial charge < -0.3 is 14.0 Å².